The molecule has 0 spiro atoms. The molecule has 0 aliphatic carbocycles. The van der Waals surface area contributed by atoms with E-state index in [-0.39, 0.29) is 63.2 Å². The summed E-state index contributed by atoms with van der Waals surface area (Å²) in [5.74, 6) is -3.01. The molecular weight excluding hydrogens is 684 g/mol. The number of nitrogens with zero attached hydrogens (tertiary/aromatic N) is 6. The van der Waals surface area contributed by atoms with Gasteiger partial charge in [-0.05, 0) is 62.5 Å². The summed E-state index contributed by atoms with van der Waals surface area (Å²) < 4.78 is 98.3. The first-order valence-corrected chi connectivity index (χ1v) is 16.8. The van der Waals surface area contributed by atoms with Gasteiger partial charge in [0.25, 0.3) is 0 Å². The molecule has 9 nitrogen and oxygen atoms in total. The van der Waals surface area contributed by atoms with Crippen LogP contribution in [0.2, 0.25) is 0 Å². The number of aromatic nitrogens is 2. The highest BCUT2D eigenvalue weighted by molar-refractivity contribution is 7.23. The molecule has 4 aromatic rings. The summed E-state index contributed by atoms with van der Waals surface area (Å²) in [5, 5.41) is -0.773. The van der Waals surface area contributed by atoms with Crippen LogP contribution < -0.4 is 15.4 Å². The molecule has 2 unspecified atom stereocenters. The van der Waals surface area contributed by atoms with Gasteiger partial charge in [-0.2, -0.15) is 23.1 Å². The number of fused-ring (bicyclic) bond motifs is 3. The predicted octanol–water partition coefficient (Wildman–Crippen LogP) is 7.12. The number of amides is 1. The Kier molecular flexibility index (Phi) is 8.33. The van der Waals surface area contributed by atoms with Gasteiger partial charge in [0.1, 0.15) is 29.9 Å². The Hall–Kier alpha value is -4.62. The molecule has 0 saturated carbocycles. The minimum Gasteiger partial charge on any atom is -0.461 e. The third-order valence-corrected chi connectivity index (χ3v) is 11.2. The zero-order valence-corrected chi connectivity index (χ0v) is 27.6. The van der Waals surface area contributed by atoms with Gasteiger partial charge in [-0.3, -0.25) is 9.69 Å². The molecule has 5 heterocycles. The first-order chi connectivity index (χ1) is 23.8. The van der Waals surface area contributed by atoms with E-state index in [0.29, 0.717) is 17.4 Å². The Labute approximate surface area is 286 Å². The highest BCUT2D eigenvalue weighted by atomic mass is 32.1. The maximum atomic E-state index is 17.1. The maximum absolute atomic E-state index is 17.1. The number of nitrogen functional groups attached to an aromatic ring is 1. The fraction of sp³-hybridized carbons (Fsp3) is 0.412. The first kappa shape index (κ1) is 33.9. The maximum Gasteiger partial charge on any atom is 0.417 e. The number of rotatable bonds is 7. The van der Waals surface area contributed by atoms with E-state index in [1.807, 2.05) is 0 Å². The molecule has 3 fully saturated rings. The Morgan fingerprint density at radius 1 is 1.24 bits per heavy atom. The van der Waals surface area contributed by atoms with Crippen LogP contribution in [0.3, 0.4) is 0 Å². The molecule has 2 atom stereocenters. The predicted molar refractivity (Wildman–Crippen MR) is 178 cm³/mol. The fourth-order valence-corrected chi connectivity index (χ4v) is 8.68. The quantitative estimate of drug-likeness (QED) is 0.124. The van der Waals surface area contributed by atoms with Crippen LogP contribution in [0.25, 0.3) is 37.0 Å². The molecule has 50 heavy (non-hydrogen) atoms. The van der Waals surface area contributed by atoms with E-state index in [2.05, 4.69) is 26.3 Å². The van der Waals surface area contributed by atoms with Gasteiger partial charge >= 0.3 is 12.2 Å². The fourth-order valence-electron chi connectivity index (χ4n) is 7.74. The summed E-state index contributed by atoms with van der Waals surface area (Å²) in [4.78, 5) is 29.2. The summed E-state index contributed by atoms with van der Waals surface area (Å²) in [6.07, 6.45) is -2.13. The van der Waals surface area contributed by atoms with Crippen molar-refractivity contribution in [2.24, 2.45) is 0 Å². The van der Waals surface area contributed by atoms with Crippen LogP contribution in [0, 0.1) is 18.2 Å². The number of likely N-dealkylation sites (tertiary alicyclic amines) is 1. The largest absolute Gasteiger partial charge is 0.461 e. The van der Waals surface area contributed by atoms with Crippen molar-refractivity contribution < 1.29 is 35.9 Å². The van der Waals surface area contributed by atoms with E-state index in [1.165, 1.54) is 16.8 Å². The number of hydrogen-bond donors (Lipinski definition) is 1. The zero-order valence-electron chi connectivity index (χ0n) is 26.8. The number of alkyl halides is 4. The van der Waals surface area contributed by atoms with E-state index in [9.17, 15) is 22.4 Å². The highest BCUT2D eigenvalue weighted by Gasteiger charge is 2.46. The molecule has 262 valence electrons. The molecule has 16 heteroatoms. The van der Waals surface area contributed by atoms with Crippen LogP contribution in [-0.4, -0.2) is 83.3 Å². The van der Waals surface area contributed by atoms with E-state index in [0.717, 1.165) is 57.0 Å². The SMILES string of the molecule is [C-]#[N+]c1c(N)sc2c(F)ccc(-c3c(C(F)(F)F)cc4c(N(C)C5CN(C(=O)C=C)CC5F)nc(OCC56CCCN5CCC6)nc4c3F)c12. The van der Waals surface area contributed by atoms with Gasteiger partial charge in [-0.15, -0.1) is 11.3 Å². The van der Waals surface area contributed by atoms with Crippen molar-refractivity contribution in [1.29, 1.82) is 0 Å². The second-order valence-electron chi connectivity index (χ2n) is 12.9. The number of ether oxygens (including phenoxy) is 1. The number of anilines is 2. The van der Waals surface area contributed by atoms with Crippen molar-refractivity contribution >= 4 is 54.7 Å². The van der Waals surface area contributed by atoms with Gasteiger partial charge in [0.05, 0.1) is 40.0 Å². The van der Waals surface area contributed by atoms with Crippen LogP contribution >= 0.6 is 11.3 Å². The van der Waals surface area contributed by atoms with Crippen molar-refractivity contribution in [3.63, 3.8) is 0 Å². The lowest BCUT2D eigenvalue weighted by Gasteiger charge is -2.32. The molecule has 3 aliphatic rings. The number of benzene rings is 2. The average Bonchev–Trinajstić information content (AvgIpc) is 3.85. The van der Waals surface area contributed by atoms with Crippen LogP contribution in [0.15, 0.2) is 30.9 Å². The zero-order chi connectivity index (χ0) is 35.7. The molecule has 3 aliphatic heterocycles. The topological polar surface area (TPSA) is 92.2 Å². The molecule has 0 bridgehead atoms. The van der Waals surface area contributed by atoms with Crippen molar-refractivity contribution in [2.75, 3.05) is 50.5 Å². The average molecular weight is 716 g/mol. The summed E-state index contributed by atoms with van der Waals surface area (Å²) >= 11 is 0.673. The second kappa shape index (κ2) is 12.3. The smallest absolute Gasteiger partial charge is 0.417 e. The monoisotopic (exact) mass is 715 g/mol. The lowest BCUT2D eigenvalue weighted by atomic mass is 9.93. The van der Waals surface area contributed by atoms with E-state index in [4.69, 9.17) is 17.0 Å². The molecule has 1 amide bonds. The number of hydrogen-bond acceptors (Lipinski definition) is 8. The van der Waals surface area contributed by atoms with Crippen LogP contribution in [0.4, 0.5) is 42.8 Å². The van der Waals surface area contributed by atoms with E-state index in [1.54, 1.807) is 0 Å². The van der Waals surface area contributed by atoms with Crippen LogP contribution in [-0.2, 0) is 11.0 Å². The number of nitrogens with two attached hydrogens (primary N) is 1. The molecular formula is C34H31F6N7O2S. The number of carbonyl (C=O) groups is 1. The van der Waals surface area contributed by atoms with Crippen LogP contribution in [0.5, 0.6) is 6.01 Å². The van der Waals surface area contributed by atoms with Crippen molar-refractivity contribution in [1.82, 2.24) is 19.8 Å². The summed E-state index contributed by atoms with van der Waals surface area (Å²) in [7, 11) is 1.40. The van der Waals surface area contributed by atoms with Gasteiger partial charge in [-0.25, -0.2) is 18.0 Å². The van der Waals surface area contributed by atoms with Crippen molar-refractivity contribution in [3.8, 4) is 17.1 Å². The summed E-state index contributed by atoms with van der Waals surface area (Å²) in [5.41, 5.74) is 2.01. The lowest BCUT2D eigenvalue weighted by molar-refractivity contribution is -0.137. The summed E-state index contributed by atoms with van der Waals surface area (Å²) in [6, 6.07) is 1.16. The standard InChI is InChI=1S/C34H31F6N7O2S/c1-4-23(48)46-14-21(36)22(15-46)45(3)31-18-13-19(34(38,39)40)24(17-7-8-20(35)29-25(17)28(42-2)30(41)50-29)26(37)27(18)43-32(44-31)49-16-33-9-5-11-47(33)12-6-10-33/h4,7-8,13,21-22H,1,5-6,9-12,14-16,41H2,3H3. The lowest BCUT2D eigenvalue weighted by Crippen LogP contribution is -2.43. The van der Waals surface area contributed by atoms with Crippen LogP contribution in [0.1, 0.15) is 31.2 Å². The highest BCUT2D eigenvalue weighted by Crippen LogP contribution is 2.51. The molecule has 2 N–H and O–H groups in total. The molecule has 7 rings (SSSR count). The minimum absolute atomic E-state index is 0.133. The Morgan fingerprint density at radius 3 is 2.62 bits per heavy atom. The first-order valence-electron chi connectivity index (χ1n) is 15.9. The number of halogens is 6. The van der Waals surface area contributed by atoms with Gasteiger partial charge in [0.2, 0.25) is 11.6 Å². The van der Waals surface area contributed by atoms with E-state index < -0.39 is 58.1 Å². The second-order valence-corrected chi connectivity index (χ2v) is 14.0. The third kappa shape index (κ3) is 5.38. The molecule has 2 aromatic carbocycles. The van der Waals surface area contributed by atoms with Gasteiger partial charge < -0.3 is 20.3 Å². The molecule has 3 saturated heterocycles. The number of thiophene rings is 1. The van der Waals surface area contributed by atoms with Crippen molar-refractivity contribution in [2.45, 2.75) is 49.6 Å². The Morgan fingerprint density at radius 2 is 1.96 bits per heavy atom. The summed E-state index contributed by atoms with van der Waals surface area (Å²) in [6.45, 7) is 12.5. The van der Waals surface area contributed by atoms with Gasteiger partial charge in [0, 0.05) is 29.9 Å². The Bertz CT molecular complexity index is 2090. The molecule has 2 aromatic heterocycles. The third-order valence-electron chi connectivity index (χ3n) is 10.2. The van der Waals surface area contributed by atoms with Gasteiger partial charge in [0.15, 0.2) is 5.82 Å². The van der Waals surface area contributed by atoms with E-state index >= 15 is 8.78 Å². The Balaban J connectivity index is 1.45. The normalized spacial score (nSPS) is 20.4. The number of carbonyl (C=O) groups excluding carboxylic acids is 1. The number of likely N-dealkylation sites (N-methyl/N-ethyl adjacent to an activating group) is 1. The molecule has 0 radical (unpaired) electrons. The minimum atomic E-state index is -5.16. The van der Waals surface area contributed by atoms with Gasteiger partial charge in [-0.1, -0.05) is 12.6 Å². The van der Waals surface area contributed by atoms with Crippen molar-refractivity contribution in [3.05, 3.63) is 59.5 Å².